The van der Waals surface area contributed by atoms with Crippen LogP contribution in [0.2, 0.25) is 0 Å². The van der Waals surface area contributed by atoms with Crippen molar-refractivity contribution < 1.29 is 9.90 Å². The smallest absolute Gasteiger partial charge is 0.306 e. The highest BCUT2D eigenvalue weighted by Gasteiger charge is 2.58. The number of carboxylic acid groups (broad SMARTS) is 1. The van der Waals surface area contributed by atoms with E-state index in [1.807, 2.05) is 6.92 Å². The predicted octanol–water partition coefficient (Wildman–Crippen LogP) is 2.29. The van der Waals surface area contributed by atoms with Gasteiger partial charge < -0.3 is 5.11 Å². The third-order valence-corrected chi connectivity index (χ3v) is 3.85. The Hall–Kier alpha value is -0.530. The van der Waals surface area contributed by atoms with Crippen LogP contribution in [0.3, 0.4) is 0 Å². The molecule has 0 amide bonds. The van der Waals surface area contributed by atoms with Crippen molar-refractivity contribution in [2.45, 2.75) is 39.0 Å². The second kappa shape index (κ2) is 2.48. The van der Waals surface area contributed by atoms with Gasteiger partial charge in [0.1, 0.15) is 0 Å². The fourth-order valence-corrected chi connectivity index (χ4v) is 2.91. The van der Waals surface area contributed by atoms with E-state index in [1.54, 1.807) is 0 Å². The Balaban J connectivity index is 1.98. The maximum atomic E-state index is 10.7. The van der Waals surface area contributed by atoms with Gasteiger partial charge in [-0.05, 0) is 30.6 Å². The van der Waals surface area contributed by atoms with E-state index in [2.05, 4.69) is 0 Å². The summed E-state index contributed by atoms with van der Waals surface area (Å²) in [6.07, 6.45) is 6.40. The van der Waals surface area contributed by atoms with Crippen molar-refractivity contribution in [1.82, 2.24) is 0 Å². The lowest BCUT2D eigenvalue weighted by Crippen LogP contribution is -2.15. The maximum absolute atomic E-state index is 10.7. The van der Waals surface area contributed by atoms with E-state index in [4.69, 9.17) is 5.11 Å². The molecule has 0 bridgehead atoms. The standard InChI is InChI=1S/C10H16O2/c1-7(9(11)12)8-6-10(8)4-2-3-5-10/h7-8H,2-6H2,1H3,(H,11,12). The van der Waals surface area contributed by atoms with E-state index in [0.29, 0.717) is 11.3 Å². The molecule has 0 aromatic heterocycles. The first kappa shape index (κ1) is 8.09. The molecule has 2 saturated carbocycles. The van der Waals surface area contributed by atoms with Gasteiger partial charge in [-0.15, -0.1) is 0 Å². The largest absolute Gasteiger partial charge is 0.481 e. The third kappa shape index (κ3) is 1.05. The molecule has 2 heteroatoms. The quantitative estimate of drug-likeness (QED) is 0.686. The van der Waals surface area contributed by atoms with Gasteiger partial charge in [0.25, 0.3) is 0 Å². The summed E-state index contributed by atoms with van der Waals surface area (Å²) >= 11 is 0. The van der Waals surface area contributed by atoms with Crippen molar-refractivity contribution in [3.05, 3.63) is 0 Å². The van der Waals surface area contributed by atoms with Crippen LogP contribution >= 0.6 is 0 Å². The van der Waals surface area contributed by atoms with Crippen LogP contribution in [0.15, 0.2) is 0 Å². The van der Waals surface area contributed by atoms with Gasteiger partial charge in [-0.25, -0.2) is 0 Å². The zero-order valence-corrected chi connectivity index (χ0v) is 7.55. The molecule has 0 aliphatic heterocycles. The summed E-state index contributed by atoms with van der Waals surface area (Å²) in [4.78, 5) is 10.7. The van der Waals surface area contributed by atoms with Crippen LogP contribution in [0.5, 0.6) is 0 Å². The lowest BCUT2D eigenvalue weighted by molar-refractivity contribution is -0.142. The Morgan fingerprint density at radius 3 is 2.58 bits per heavy atom. The molecule has 0 aromatic rings. The molecule has 2 aliphatic rings. The number of carbonyl (C=O) groups is 1. The lowest BCUT2D eigenvalue weighted by atomic mass is 9.95. The molecule has 1 N–H and O–H groups in total. The molecule has 2 fully saturated rings. The highest BCUT2D eigenvalue weighted by molar-refractivity contribution is 5.70. The molecule has 0 aromatic carbocycles. The molecule has 0 heterocycles. The molecule has 2 nitrogen and oxygen atoms in total. The lowest BCUT2D eigenvalue weighted by Gasteiger charge is -2.10. The first-order chi connectivity index (χ1) is 5.66. The van der Waals surface area contributed by atoms with Crippen molar-refractivity contribution in [1.29, 1.82) is 0 Å². The third-order valence-electron chi connectivity index (χ3n) is 3.85. The van der Waals surface area contributed by atoms with E-state index in [-0.39, 0.29) is 5.92 Å². The van der Waals surface area contributed by atoms with Gasteiger partial charge in [0.2, 0.25) is 0 Å². The van der Waals surface area contributed by atoms with Crippen molar-refractivity contribution in [3.8, 4) is 0 Å². The molecule has 2 unspecified atom stereocenters. The van der Waals surface area contributed by atoms with Gasteiger partial charge in [-0.3, -0.25) is 4.79 Å². The molecule has 12 heavy (non-hydrogen) atoms. The van der Waals surface area contributed by atoms with Crippen LogP contribution in [-0.2, 0) is 4.79 Å². The second-order valence-corrected chi connectivity index (χ2v) is 4.51. The Morgan fingerprint density at radius 1 is 1.50 bits per heavy atom. The zero-order valence-electron chi connectivity index (χ0n) is 7.55. The summed E-state index contributed by atoms with van der Waals surface area (Å²) in [5, 5.41) is 8.84. The molecule has 0 radical (unpaired) electrons. The minimum absolute atomic E-state index is 0.108. The van der Waals surface area contributed by atoms with Crippen LogP contribution < -0.4 is 0 Å². The van der Waals surface area contributed by atoms with Crippen LogP contribution in [0.4, 0.5) is 0 Å². The number of carboxylic acids is 1. The summed E-state index contributed by atoms with van der Waals surface area (Å²) in [5.41, 5.74) is 0.484. The van der Waals surface area contributed by atoms with Crippen LogP contribution in [-0.4, -0.2) is 11.1 Å². The average Bonchev–Trinajstić information content (AvgIpc) is 2.48. The molecule has 1 spiro atoms. The number of hydrogen-bond donors (Lipinski definition) is 1. The summed E-state index contributed by atoms with van der Waals surface area (Å²) in [6.45, 7) is 1.86. The van der Waals surface area contributed by atoms with Crippen molar-refractivity contribution >= 4 is 5.97 Å². The first-order valence-corrected chi connectivity index (χ1v) is 4.88. The number of rotatable bonds is 2. The van der Waals surface area contributed by atoms with Crippen LogP contribution in [0.25, 0.3) is 0 Å². The maximum Gasteiger partial charge on any atom is 0.306 e. The summed E-state index contributed by atoms with van der Waals surface area (Å²) in [7, 11) is 0. The highest BCUT2D eigenvalue weighted by atomic mass is 16.4. The van der Waals surface area contributed by atoms with Crippen LogP contribution in [0, 0.1) is 17.3 Å². The van der Waals surface area contributed by atoms with Gasteiger partial charge in [0.05, 0.1) is 5.92 Å². The molecular weight excluding hydrogens is 152 g/mol. The molecule has 0 saturated heterocycles. The Kier molecular flexibility index (Phi) is 1.67. The van der Waals surface area contributed by atoms with E-state index in [1.165, 1.54) is 32.1 Å². The fraction of sp³-hybridized carbons (Fsp3) is 0.900. The van der Waals surface area contributed by atoms with Gasteiger partial charge in [-0.1, -0.05) is 19.8 Å². The van der Waals surface area contributed by atoms with Crippen molar-refractivity contribution in [2.24, 2.45) is 17.3 Å². The topological polar surface area (TPSA) is 37.3 Å². The zero-order chi connectivity index (χ0) is 8.77. The second-order valence-electron chi connectivity index (χ2n) is 4.51. The summed E-state index contributed by atoms with van der Waals surface area (Å²) < 4.78 is 0. The van der Waals surface area contributed by atoms with Crippen molar-refractivity contribution in [3.63, 3.8) is 0 Å². The van der Waals surface area contributed by atoms with Gasteiger partial charge in [-0.2, -0.15) is 0 Å². The van der Waals surface area contributed by atoms with E-state index >= 15 is 0 Å². The summed E-state index contributed by atoms with van der Waals surface area (Å²) in [5.74, 6) is -0.218. The number of hydrogen-bond acceptors (Lipinski definition) is 1. The van der Waals surface area contributed by atoms with E-state index in [9.17, 15) is 4.79 Å². The van der Waals surface area contributed by atoms with Gasteiger partial charge >= 0.3 is 5.97 Å². The predicted molar refractivity (Wildman–Crippen MR) is 45.8 cm³/mol. The van der Waals surface area contributed by atoms with Crippen molar-refractivity contribution in [2.75, 3.05) is 0 Å². The Bertz CT molecular complexity index is 204. The molecular formula is C10H16O2. The van der Waals surface area contributed by atoms with E-state index in [0.717, 1.165) is 0 Å². The first-order valence-electron chi connectivity index (χ1n) is 4.88. The monoisotopic (exact) mass is 168 g/mol. The fourth-order valence-electron chi connectivity index (χ4n) is 2.91. The Morgan fingerprint density at radius 2 is 2.08 bits per heavy atom. The SMILES string of the molecule is CC(C(=O)O)C1CC12CCCC2. The van der Waals surface area contributed by atoms with E-state index < -0.39 is 5.97 Å². The van der Waals surface area contributed by atoms with Crippen LogP contribution in [0.1, 0.15) is 39.0 Å². The molecule has 68 valence electrons. The van der Waals surface area contributed by atoms with Gasteiger partial charge in [0.15, 0.2) is 0 Å². The Labute approximate surface area is 73.0 Å². The molecule has 2 atom stereocenters. The normalized spacial score (nSPS) is 33.6. The molecule has 2 aliphatic carbocycles. The average molecular weight is 168 g/mol. The number of aliphatic carboxylic acids is 1. The minimum atomic E-state index is -0.608. The summed E-state index contributed by atoms with van der Waals surface area (Å²) in [6, 6.07) is 0. The minimum Gasteiger partial charge on any atom is -0.481 e. The van der Waals surface area contributed by atoms with Gasteiger partial charge in [0, 0.05) is 0 Å². The molecule has 2 rings (SSSR count). The highest BCUT2D eigenvalue weighted by Crippen LogP contribution is 2.65.